The molecule has 2 N–H and O–H groups in total. The fourth-order valence-corrected chi connectivity index (χ4v) is 13.4. The van der Waals surface area contributed by atoms with E-state index in [-0.39, 0.29) is 45.6 Å². The summed E-state index contributed by atoms with van der Waals surface area (Å²) in [6, 6.07) is 0. The highest BCUT2D eigenvalue weighted by atomic mass is 28.4. The van der Waals surface area contributed by atoms with E-state index in [1.54, 1.807) is 0 Å². The third kappa shape index (κ3) is 11.7. The summed E-state index contributed by atoms with van der Waals surface area (Å²) in [5.74, 6) is 0.562. The summed E-state index contributed by atoms with van der Waals surface area (Å²) in [5.41, 5.74) is 2.68. The summed E-state index contributed by atoms with van der Waals surface area (Å²) >= 11 is 0. The zero-order valence-electron chi connectivity index (χ0n) is 41.0. The normalized spacial score (nSPS) is 33.0. The monoisotopic (exact) mass is 859 g/mol. The van der Waals surface area contributed by atoms with Crippen molar-refractivity contribution in [3.63, 3.8) is 0 Å². The van der Waals surface area contributed by atoms with Crippen LogP contribution in [0.2, 0.25) is 36.3 Å². The molecule has 4 rings (SSSR count). The van der Waals surface area contributed by atoms with Gasteiger partial charge in [-0.2, -0.15) is 0 Å². The van der Waals surface area contributed by atoms with Gasteiger partial charge in [-0.05, 0) is 160 Å². The number of carbonyl (C=O) groups excluding carboxylic acids is 2. The fourth-order valence-electron chi connectivity index (χ4n) is 11.3. The molecule has 0 radical (unpaired) electrons. The summed E-state index contributed by atoms with van der Waals surface area (Å²) in [4.78, 5) is 28.3. The highest BCUT2D eigenvalue weighted by Gasteiger charge is 2.51. The molecule has 2 saturated carbocycles. The van der Waals surface area contributed by atoms with Gasteiger partial charge in [-0.15, -0.1) is 0 Å². The maximum atomic E-state index is 14.1. The van der Waals surface area contributed by atoms with Crippen molar-refractivity contribution >= 4 is 28.6 Å². The second-order valence-electron chi connectivity index (χ2n) is 24.1. The van der Waals surface area contributed by atoms with E-state index in [0.29, 0.717) is 48.3 Å². The predicted molar refractivity (Wildman–Crippen MR) is 248 cm³/mol. The minimum absolute atomic E-state index is 0.123. The summed E-state index contributed by atoms with van der Waals surface area (Å²) in [6.45, 7) is 41.9. The number of hydrogen-bond donors (Lipinski definition) is 2. The van der Waals surface area contributed by atoms with Crippen LogP contribution in [0.15, 0.2) is 23.3 Å². The van der Waals surface area contributed by atoms with Gasteiger partial charge in [-0.3, -0.25) is 9.59 Å². The highest BCUT2D eigenvalue weighted by molar-refractivity contribution is 6.74. The first-order valence-electron chi connectivity index (χ1n) is 23.7. The lowest BCUT2D eigenvalue weighted by Crippen LogP contribution is -2.49. The van der Waals surface area contributed by atoms with Crippen LogP contribution in [0.1, 0.15) is 135 Å². The number of aliphatic hydroxyl groups is 2. The van der Waals surface area contributed by atoms with Crippen molar-refractivity contribution in [3.05, 3.63) is 23.3 Å². The summed E-state index contributed by atoms with van der Waals surface area (Å²) in [5, 5.41) is 23.1. The molecule has 0 spiro atoms. The minimum atomic E-state index is -1.96. The molecule has 14 atom stereocenters. The van der Waals surface area contributed by atoms with E-state index in [1.807, 2.05) is 13.8 Å². The lowest BCUT2D eigenvalue weighted by Gasteiger charge is -2.50. The number of rotatable bonds is 14. The second kappa shape index (κ2) is 19.3. The number of carbonyl (C=O) groups is 2. The Hall–Kier alpha value is -1.11. The summed E-state index contributed by atoms with van der Waals surface area (Å²) in [7, 11) is -3.92. The smallest absolute Gasteiger partial charge is 0.316 e. The van der Waals surface area contributed by atoms with Crippen molar-refractivity contribution < 1.29 is 33.4 Å². The Morgan fingerprint density at radius 3 is 1.22 bits per heavy atom. The SMILES string of the molecule is CC1=C[C@@H]2[C@H]([C@H](C)C(=O)OC(=O)[C@@H](C)[C@@H]3C[C@H](O)C[C@H]4[C@@H]3C=C(C)C[C@H]4[C@@H](CO[Si](C)(C)C(C)(C)C)C(C)C)C[C@H](O)C[C@@H]2[C@H]([C@H](CO[Si](C)(C)C(C)(C)C)C(C)C)C1. The molecule has 4 aliphatic rings. The molecular formula is C50H90O7Si2. The number of aliphatic hydroxyl groups excluding tert-OH is 2. The van der Waals surface area contributed by atoms with E-state index >= 15 is 0 Å². The van der Waals surface area contributed by atoms with Gasteiger partial charge < -0.3 is 23.8 Å². The van der Waals surface area contributed by atoms with E-state index in [2.05, 4.69) is 121 Å². The standard InChI is InChI=1S/C50H90O7Si2/c1-29(2)45(27-55-58(15,16)49(9,10)11)41-21-31(5)19-39-37(23-35(51)25-43(39)41)33(7)47(53)57-48(54)34(8)38-24-36(52)26-44-40(38)20-32(6)22-42(44)46(30(3)4)28-56-59(17,18)50(12,13)14/h19-20,29-30,33-46,51-52H,21-28H2,1-18H3/t33-,34-,35-,36-,37-,38-,39+,40+,41+,42+,43-,44-,45-,46+/m0/s1. The van der Waals surface area contributed by atoms with Crippen LogP contribution in [0.25, 0.3) is 0 Å². The Balaban J connectivity index is 1.51. The lowest BCUT2D eigenvalue weighted by molar-refractivity contribution is -0.170. The number of ether oxygens (including phenoxy) is 1. The Morgan fingerprint density at radius 1 is 0.610 bits per heavy atom. The molecule has 0 saturated heterocycles. The zero-order valence-corrected chi connectivity index (χ0v) is 43.0. The van der Waals surface area contributed by atoms with Crippen LogP contribution in [0, 0.1) is 82.9 Å². The Morgan fingerprint density at radius 2 is 0.932 bits per heavy atom. The minimum Gasteiger partial charge on any atom is -0.417 e. The van der Waals surface area contributed by atoms with Gasteiger partial charge in [0.05, 0.1) is 24.0 Å². The topological polar surface area (TPSA) is 102 Å². The first kappa shape index (κ1) is 50.5. The molecule has 0 unspecified atom stereocenters. The molecule has 59 heavy (non-hydrogen) atoms. The zero-order chi connectivity index (χ0) is 44.7. The van der Waals surface area contributed by atoms with E-state index in [0.717, 1.165) is 38.9 Å². The van der Waals surface area contributed by atoms with Gasteiger partial charge >= 0.3 is 11.9 Å². The molecule has 7 nitrogen and oxygen atoms in total. The highest BCUT2D eigenvalue weighted by Crippen LogP contribution is 2.54. The fraction of sp³-hybridized carbons (Fsp3) is 0.880. The average molecular weight is 859 g/mol. The Kier molecular flexibility index (Phi) is 16.6. The Labute approximate surface area is 363 Å². The van der Waals surface area contributed by atoms with Crippen molar-refractivity contribution in [2.24, 2.45) is 82.9 Å². The van der Waals surface area contributed by atoms with Crippen molar-refractivity contribution in [1.82, 2.24) is 0 Å². The number of esters is 2. The van der Waals surface area contributed by atoms with Gasteiger partial charge in [0.2, 0.25) is 0 Å². The van der Waals surface area contributed by atoms with Crippen LogP contribution in [0.4, 0.5) is 0 Å². The van der Waals surface area contributed by atoms with E-state index in [9.17, 15) is 19.8 Å². The number of fused-ring (bicyclic) bond motifs is 2. The van der Waals surface area contributed by atoms with Gasteiger partial charge in [0.25, 0.3) is 0 Å². The molecule has 340 valence electrons. The molecule has 4 aliphatic carbocycles. The lowest BCUT2D eigenvalue weighted by atomic mass is 9.56. The Bertz CT molecular complexity index is 1390. The van der Waals surface area contributed by atoms with Crippen molar-refractivity contribution in [3.8, 4) is 0 Å². The van der Waals surface area contributed by atoms with Crippen LogP contribution in [-0.2, 0) is 23.2 Å². The molecule has 0 aliphatic heterocycles. The maximum Gasteiger partial charge on any atom is 0.316 e. The number of allylic oxidation sites excluding steroid dienone is 4. The van der Waals surface area contributed by atoms with E-state index in [4.69, 9.17) is 13.6 Å². The van der Waals surface area contributed by atoms with Gasteiger partial charge in [0.15, 0.2) is 16.6 Å². The molecule has 0 amide bonds. The third-order valence-corrected chi connectivity index (χ3v) is 26.3. The van der Waals surface area contributed by atoms with Crippen LogP contribution in [-0.4, -0.2) is 64.2 Å². The van der Waals surface area contributed by atoms with Crippen LogP contribution >= 0.6 is 0 Å². The molecule has 0 aromatic heterocycles. The van der Waals surface area contributed by atoms with Crippen LogP contribution in [0.5, 0.6) is 0 Å². The molecule has 2 fully saturated rings. The van der Waals surface area contributed by atoms with Gasteiger partial charge in [-0.25, -0.2) is 0 Å². The van der Waals surface area contributed by atoms with Crippen LogP contribution in [0.3, 0.4) is 0 Å². The van der Waals surface area contributed by atoms with E-state index in [1.165, 1.54) is 11.1 Å². The average Bonchev–Trinajstić information content (AvgIpc) is 3.09. The van der Waals surface area contributed by atoms with Crippen LogP contribution < -0.4 is 0 Å². The molecule has 9 heteroatoms. The summed E-state index contributed by atoms with van der Waals surface area (Å²) in [6.07, 6.45) is 8.16. The molecule has 0 heterocycles. The van der Waals surface area contributed by atoms with Gasteiger partial charge in [0, 0.05) is 13.2 Å². The van der Waals surface area contributed by atoms with E-state index < -0.39 is 52.6 Å². The predicted octanol–water partition coefficient (Wildman–Crippen LogP) is 11.9. The first-order valence-corrected chi connectivity index (χ1v) is 29.5. The second-order valence-corrected chi connectivity index (χ2v) is 33.7. The van der Waals surface area contributed by atoms with Crippen molar-refractivity contribution in [2.45, 2.75) is 184 Å². The first-order chi connectivity index (χ1) is 27.0. The molecule has 0 aromatic carbocycles. The number of hydrogen-bond acceptors (Lipinski definition) is 7. The third-order valence-electron chi connectivity index (χ3n) is 17.3. The quantitative estimate of drug-likeness (QED) is 0.0776. The summed E-state index contributed by atoms with van der Waals surface area (Å²) < 4.78 is 19.6. The maximum absolute atomic E-state index is 14.1. The van der Waals surface area contributed by atoms with Crippen molar-refractivity contribution in [2.75, 3.05) is 13.2 Å². The van der Waals surface area contributed by atoms with Crippen molar-refractivity contribution in [1.29, 1.82) is 0 Å². The van der Waals surface area contributed by atoms with Gasteiger partial charge in [0.1, 0.15) is 0 Å². The molecular weight excluding hydrogens is 769 g/mol. The van der Waals surface area contributed by atoms with Gasteiger partial charge in [-0.1, -0.05) is 106 Å². The molecule has 0 bridgehead atoms. The molecule has 0 aromatic rings. The largest absolute Gasteiger partial charge is 0.417 e.